The average Bonchev–Trinajstić information content (AvgIpc) is 2.88. The highest BCUT2D eigenvalue weighted by molar-refractivity contribution is 9.10. The number of benzene rings is 3. The molecular weight excluding hydrogens is 546 g/mol. The molecule has 1 N–H and O–H groups in total. The summed E-state index contributed by atoms with van der Waals surface area (Å²) in [6.45, 7) is 4.71. The number of nitro benzene ring substituents is 1. The number of methoxy groups -OCH3 is 1. The molecule has 0 bridgehead atoms. The first kappa shape index (κ1) is 27.5. The minimum atomic E-state index is -0.452. The van der Waals surface area contributed by atoms with Gasteiger partial charge < -0.3 is 18.9 Å². The number of nitrogens with one attached hydrogen (secondary N) is 1. The number of hydrogen-bond acceptors (Lipinski definition) is 8. The Kier molecular flexibility index (Phi) is 9.84. The molecule has 0 aromatic heterocycles. The van der Waals surface area contributed by atoms with E-state index >= 15 is 0 Å². The van der Waals surface area contributed by atoms with Gasteiger partial charge in [0.1, 0.15) is 6.61 Å². The lowest BCUT2D eigenvalue weighted by Gasteiger charge is -2.14. The molecule has 0 saturated heterocycles. The summed E-state index contributed by atoms with van der Waals surface area (Å²) in [4.78, 5) is 22.9. The van der Waals surface area contributed by atoms with Crippen LogP contribution < -0.4 is 24.4 Å². The minimum absolute atomic E-state index is 0.0115. The summed E-state index contributed by atoms with van der Waals surface area (Å²) in [5, 5.41) is 14.9. The molecule has 0 atom stereocenters. The Labute approximate surface area is 222 Å². The van der Waals surface area contributed by atoms with E-state index in [0.29, 0.717) is 51.8 Å². The summed E-state index contributed by atoms with van der Waals surface area (Å²) in [5.41, 5.74) is 4.30. The molecule has 11 heteroatoms. The summed E-state index contributed by atoms with van der Waals surface area (Å²) in [6.07, 6.45) is 1.48. The van der Waals surface area contributed by atoms with Crippen molar-refractivity contribution in [3.05, 3.63) is 85.9 Å². The van der Waals surface area contributed by atoms with Crippen LogP contribution in [0.1, 0.15) is 35.3 Å². The number of nitrogens with zero attached hydrogens (tertiary/aromatic N) is 2. The van der Waals surface area contributed by atoms with Crippen LogP contribution in [0.5, 0.6) is 23.0 Å². The van der Waals surface area contributed by atoms with Crippen LogP contribution >= 0.6 is 15.9 Å². The van der Waals surface area contributed by atoms with Crippen LogP contribution in [0.4, 0.5) is 5.69 Å². The Bertz CT molecular complexity index is 1280. The molecule has 3 aromatic carbocycles. The fraction of sp³-hybridized carbons (Fsp3) is 0.231. The highest BCUT2D eigenvalue weighted by Gasteiger charge is 2.14. The van der Waals surface area contributed by atoms with E-state index in [2.05, 4.69) is 26.5 Å². The number of carbonyl (C=O) groups is 1. The van der Waals surface area contributed by atoms with Crippen LogP contribution in [0, 0.1) is 10.1 Å². The Morgan fingerprint density at radius 3 is 2.35 bits per heavy atom. The highest BCUT2D eigenvalue weighted by atomic mass is 79.9. The number of non-ortho nitro benzene ring substituents is 1. The Morgan fingerprint density at radius 1 is 1.00 bits per heavy atom. The number of ether oxygens (including phenoxy) is 4. The van der Waals surface area contributed by atoms with Crippen molar-refractivity contribution in [2.24, 2.45) is 5.10 Å². The molecule has 0 saturated carbocycles. The predicted octanol–water partition coefficient (Wildman–Crippen LogP) is 5.51. The Balaban J connectivity index is 1.71. The quantitative estimate of drug-likeness (QED) is 0.173. The summed E-state index contributed by atoms with van der Waals surface area (Å²) in [6, 6.07) is 14.5. The van der Waals surface area contributed by atoms with Crippen LogP contribution in [-0.4, -0.2) is 37.4 Å². The minimum Gasteiger partial charge on any atom is -0.493 e. The van der Waals surface area contributed by atoms with Gasteiger partial charge in [-0.05, 0) is 83.4 Å². The molecular formula is C26H26BrN3O7. The first-order valence-electron chi connectivity index (χ1n) is 11.3. The maximum Gasteiger partial charge on any atom is 0.271 e. The molecule has 10 nitrogen and oxygen atoms in total. The second kappa shape index (κ2) is 13.3. The third-order valence-electron chi connectivity index (χ3n) is 4.97. The van der Waals surface area contributed by atoms with Gasteiger partial charge in [0.25, 0.3) is 11.6 Å². The van der Waals surface area contributed by atoms with E-state index in [-0.39, 0.29) is 12.3 Å². The van der Waals surface area contributed by atoms with Crippen LogP contribution in [0.15, 0.2) is 64.2 Å². The molecule has 0 heterocycles. The van der Waals surface area contributed by atoms with E-state index in [9.17, 15) is 14.9 Å². The van der Waals surface area contributed by atoms with E-state index in [1.807, 2.05) is 13.8 Å². The summed E-state index contributed by atoms with van der Waals surface area (Å²) in [7, 11) is 1.53. The Morgan fingerprint density at radius 2 is 1.70 bits per heavy atom. The van der Waals surface area contributed by atoms with Crippen molar-refractivity contribution >= 4 is 33.7 Å². The number of halogens is 1. The average molecular weight is 572 g/mol. The van der Waals surface area contributed by atoms with Crippen molar-refractivity contribution in [3.63, 3.8) is 0 Å². The molecule has 0 aliphatic carbocycles. The molecule has 0 spiro atoms. The van der Waals surface area contributed by atoms with Crippen molar-refractivity contribution in [1.29, 1.82) is 0 Å². The first-order chi connectivity index (χ1) is 17.9. The number of carbonyl (C=O) groups excluding carboxylic acids is 1. The van der Waals surface area contributed by atoms with Gasteiger partial charge in [0.2, 0.25) is 0 Å². The molecule has 37 heavy (non-hydrogen) atoms. The number of amides is 1. The second-order valence-electron chi connectivity index (χ2n) is 7.47. The van der Waals surface area contributed by atoms with Crippen molar-refractivity contribution < 1.29 is 28.7 Å². The van der Waals surface area contributed by atoms with Gasteiger partial charge in [-0.15, -0.1) is 0 Å². The number of hydrazone groups is 1. The lowest BCUT2D eigenvalue weighted by molar-refractivity contribution is -0.384. The molecule has 1 amide bonds. The predicted molar refractivity (Wildman–Crippen MR) is 142 cm³/mol. The SMILES string of the molecule is CCOc1cc(C(=O)N/N=C/c2cc(Br)c(OCc3ccc([N+](=O)[O-])cc3)c(OCC)c2)ccc1OC. The van der Waals surface area contributed by atoms with Gasteiger partial charge in [-0.1, -0.05) is 0 Å². The van der Waals surface area contributed by atoms with Gasteiger partial charge in [-0.25, -0.2) is 5.43 Å². The van der Waals surface area contributed by atoms with E-state index in [0.717, 1.165) is 5.56 Å². The smallest absolute Gasteiger partial charge is 0.271 e. The number of hydrogen-bond donors (Lipinski definition) is 1. The van der Waals surface area contributed by atoms with E-state index in [4.69, 9.17) is 18.9 Å². The normalized spacial score (nSPS) is 10.7. The van der Waals surface area contributed by atoms with E-state index in [1.54, 1.807) is 42.5 Å². The van der Waals surface area contributed by atoms with Crippen molar-refractivity contribution in [3.8, 4) is 23.0 Å². The molecule has 3 rings (SSSR count). The van der Waals surface area contributed by atoms with Gasteiger partial charge in [-0.3, -0.25) is 14.9 Å². The van der Waals surface area contributed by atoms with Gasteiger partial charge >= 0.3 is 0 Å². The van der Waals surface area contributed by atoms with E-state index in [1.165, 1.54) is 25.5 Å². The summed E-state index contributed by atoms with van der Waals surface area (Å²) in [5.74, 6) is 1.54. The highest BCUT2D eigenvalue weighted by Crippen LogP contribution is 2.37. The fourth-order valence-corrected chi connectivity index (χ4v) is 3.83. The van der Waals surface area contributed by atoms with Crippen molar-refractivity contribution in [2.45, 2.75) is 20.5 Å². The van der Waals surface area contributed by atoms with Crippen LogP contribution in [-0.2, 0) is 6.61 Å². The van der Waals surface area contributed by atoms with Crippen LogP contribution in [0.25, 0.3) is 0 Å². The van der Waals surface area contributed by atoms with Gasteiger partial charge in [0.15, 0.2) is 23.0 Å². The van der Waals surface area contributed by atoms with Gasteiger partial charge in [0, 0.05) is 17.7 Å². The monoisotopic (exact) mass is 571 g/mol. The molecule has 0 aliphatic rings. The molecule has 194 valence electrons. The largest absolute Gasteiger partial charge is 0.493 e. The molecule has 0 radical (unpaired) electrons. The van der Waals surface area contributed by atoms with E-state index < -0.39 is 10.8 Å². The Hall–Kier alpha value is -4.12. The lowest BCUT2D eigenvalue weighted by Crippen LogP contribution is -2.17. The molecule has 0 fully saturated rings. The maximum atomic E-state index is 12.5. The summed E-state index contributed by atoms with van der Waals surface area (Å²) < 4.78 is 23.0. The summed E-state index contributed by atoms with van der Waals surface area (Å²) >= 11 is 3.50. The fourth-order valence-electron chi connectivity index (χ4n) is 3.25. The zero-order chi connectivity index (χ0) is 26.8. The number of nitro groups is 1. The van der Waals surface area contributed by atoms with Crippen molar-refractivity contribution in [1.82, 2.24) is 5.43 Å². The van der Waals surface area contributed by atoms with Gasteiger partial charge in [0.05, 0.1) is 35.9 Å². The maximum absolute atomic E-state index is 12.5. The van der Waals surface area contributed by atoms with Crippen LogP contribution in [0.3, 0.4) is 0 Å². The number of rotatable bonds is 12. The zero-order valence-electron chi connectivity index (χ0n) is 20.5. The third-order valence-corrected chi connectivity index (χ3v) is 5.56. The van der Waals surface area contributed by atoms with Crippen molar-refractivity contribution in [2.75, 3.05) is 20.3 Å². The molecule has 0 unspecified atom stereocenters. The topological polar surface area (TPSA) is 122 Å². The zero-order valence-corrected chi connectivity index (χ0v) is 22.1. The second-order valence-corrected chi connectivity index (χ2v) is 8.33. The van der Waals surface area contributed by atoms with Gasteiger partial charge in [-0.2, -0.15) is 5.10 Å². The molecule has 3 aromatic rings. The lowest BCUT2D eigenvalue weighted by atomic mass is 10.2. The first-order valence-corrected chi connectivity index (χ1v) is 12.1. The molecule has 0 aliphatic heterocycles. The van der Waals surface area contributed by atoms with Crippen LogP contribution in [0.2, 0.25) is 0 Å². The standard InChI is InChI=1S/C26H26BrN3O7/c1-4-35-23-14-19(8-11-22(23)34-3)26(31)29-28-15-18-12-21(27)25(24(13-18)36-5-2)37-16-17-6-9-20(10-7-17)30(32)33/h6-15H,4-5,16H2,1-3H3,(H,29,31)/b28-15+. The third kappa shape index (κ3) is 7.43.